The molecule has 5 nitrogen and oxygen atoms in total. The largest absolute Gasteiger partial charge is 0.495 e. The molecule has 1 amide bonds. The predicted molar refractivity (Wildman–Crippen MR) is 76.6 cm³/mol. The molecule has 1 aromatic heterocycles. The van der Waals surface area contributed by atoms with Gasteiger partial charge in [-0.05, 0) is 29.6 Å². The number of benzene rings is 1. The molecule has 0 saturated heterocycles. The van der Waals surface area contributed by atoms with Crippen molar-refractivity contribution in [2.24, 2.45) is 0 Å². The molecule has 0 fully saturated rings. The van der Waals surface area contributed by atoms with Gasteiger partial charge in [0.25, 0.3) is 0 Å². The molecule has 104 valence electrons. The Kier molecular flexibility index (Phi) is 4.37. The molecule has 0 aliphatic rings. The zero-order chi connectivity index (χ0) is 14.5. The normalized spacial score (nSPS) is 10.1. The minimum Gasteiger partial charge on any atom is -0.495 e. The van der Waals surface area contributed by atoms with E-state index in [1.54, 1.807) is 0 Å². The van der Waals surface area contributed by atoms with Gasteiger partial charge >= 0.3 is 5.97 Å². The molecule has 0 radical (unpaired) electrons. The van der Waals surface area contributed by atoms with Crippen LogP contribution in [0.3, 0.4) is 0 Å². The third-order valence-electron chi connectivity index (χ3n) is 2.64. The van der Waals surface area contributed by atoms with Gasteiger partial charge in [0.2, 0.25) is 5.91 Å². The van der Waals surface area contributed by atoms with Gasteiger partial charge in [0.15, 0.2) is 0 Å². The Labute approximate surface area is 119 Å². The SMILES string of the molecule is COc1ccc(C(=O)O)cc1NC(=O)Cc1cccs1. The maximum absolute atomic E-state index is 11.9. The standard InChI is InChI=1S/C14H13NO4S/c1-19-12-5-4-9(14(17)18)7-11(12)15-13(16)8-10-3-2-6-20-10/h2-7H,8H2,1H3,(H,15,16)(H,17,18). The molecule has 1 heterocycles. The van der Waals surface area contributed by atoms with Gasteiger partial charge in [-0.2, -0.15) is 0 Å². The summed E-state index contributed by atoms with van der Waals surface area (Å²) in [5.74, 6) is -0.843. The molecule has 2 N–H and O–H groups in total. The van der Waals surface area contributed by atoms with Gasteiger partial charge in [0.1, 0.15) is 5.75 Å². The second-order valence-corrected chi connectivity index (χ2v) is 5.06. The van der Waals surface area contributed by atoms with Crippen LogP contribution in [0.1, 0.15) is 15.2 Å². The van der Waals surface area contributed by atoms with E-state index in [4.69, 9.17) is 9.84 Å². The number of thiophene rings is 1. The van der Waals surface area contributed by atoms with Crippen LogP contribution in [0, 0.1) is 0 Å². The molecule has 0 unspecified atom stereocenters. The molecular formula is C14H13NO4S. The molecule has 20 heavy (non-hydrogen) atoms. The lowest BCUT2D eigenvalue weighted by Gasteiger charge is -2.10. The highest BCUT2D eigenvalue weighted by Crippen LogP contribution is 2.26. The van der Waals surface area contributed by atoms with Crippen molar-refractivity contribution in [3.8, 4) is 5.75 Å². The summed E-state index contributed by atoms with van der Waals surface area (Å²) in [6, 6.07) is 8.07. The van der Waals surface area contributed by atoms with E-state index in [0.29, 0.717) is 11.4 Å². The van der Waals surface area contributed by atoms with E-state index in [-0.39, 0.29) is 17.9 Å². The molecule has 0 bridgehead atoms. The second kappa shape index (κ2) is 6.21. The molecule has 1 aromatic carbocycles. The van der Waals surface area contributed by atoms with Gasteiger partial charge in [0.05, 0.1) is 24.8 Å². The molecule has 0 aliphatic heterocycles. The summed E-state index contributed by atoms with van der Waals surface area (Å²) in [6.07, 6.45) is 0.248. The van der Waals surface area contributed by atoms with E-state index >= 15 is 0 Å². The molecule has 6 heteroatoms. The van der Waals surface area contributed by atoms with E-state index in [1.807, 2.05) is 17.5 Å². The molecule has 2 rings (SSSR count). The fourth-order valence-corrected chi connectivity index (χ4v) is 2.41. The van der Waals surface area contributed by atoms with E-state index in [9.17, 15) is 9.59 Å². The van der Waals surface area contributed by atoms with Gasteiger partial charge in [-0.3, -0.25) is 4.79 Å². The van der Waals surface area contributed by atoms with Gasteiger partial charge in [-0.15, -0.1) is 11.3 Å². The number of ether oxygens (including phenoxy) is 1. The zero-order valence-corrected chi connectivity index (χ0v) is 11.6. The number of hydrogen-bond acceptors (Lipinski definition) is 4. The van der Waals surface area contributed by atoms with Crippen LogP contribution in [-0.2, 0) is 11.2 Å². The van der Waals surface area contributed by atoms with Gasteiger partial charge < -0.3 is 15.2 Å². The van der Waals surface area contributed by atoms with Crippen molar-refractivity contribution in [3.05, 3.63) is 46.2 Å². The third kappa shape index (κ3) is 3.36. The fourth-order valence-electron chi connectivity index (χ4n) is 1.70. The van der Waals surface area contributed by atoms with Crippen LogP contribution in [0.5, 0.6) is 5.75 Å². The Morgan fingerprint density at radius 3 is 2.75 bits per heavy atom. The van der Waals surface area contributed by atoms with E-state index < -0.39 is 5.97 Å². The Bertz CT molecular complexity index is 622. The summed E-state index contributed by atoms with van der Waals surface area (Å²) in [6.45, 7) is 0. The van der Waals surface area contributed by atoms with E-state index in [2.05, 4.69) is 5.32 Å². The van der Waals surface area contributed by atoms with Crippen LogP contribution in [0.4, 0.5) is 5.69 Å². The summed E-state index contributed by atoms with van der Waals surface area (Å²) in [7, 11) is 1.46. The average molecular weight is 291 g/mol. The number of carbonyl (C=O) groups excluding carboxylic acids is 1. The van der Waals surface area contributed by atoms with Crippen LogP contribution < -0.4 is 10.1 Å². The molecular weight excluding hydrogens is 278 g/mol. The lowest BCUT2D eigenvalue weighted by molar-refractivity contribution is -0.115. The lowest BCUT2D eigenvalue weighted by Crippen LogP contribution is -2.15. The van der Waals surface area contributed by atoms with E-state index in [1.165, 1.54) is 36.6 Å². The second-order valence-electron chi connectivity index (χ2n) is 4.02. The summed E-state index contributed by atoms with van der Waals surface area (Å²) in [5, 5.41) is 13.5. The van der Waals surface area contributed by atoms with Crippen molar-refractivity contribution in [2.75, 3.05) is 12.4 Å². The van der Waals surface area contributed by atoms with Crippen LogP contribution in [0.15, 0.2) is 35.7 Å². The number of amides is 1. The zero-order valence-electron chi connectivity index (χ0n) is 10.8. The van der Waals surface area contributed by atoms with Crippen LogP contribution in [-0.4, -0.2) is 24.1 Å². The van der Waals surface area contributed by atoms with Crippen molar-refractivity contribution in [2.45, 2.75) is 6.42 Å². The first kappa shape index (κ1) is 14.1. The topological polar surface area (TPSA) is 75.6 Å². The minimum atomic E-state index is -1.05. The molecule has 0 spiro atoms. The van der Waals surface area contributed by atoms with Crippen LogP contribution in [0.2, 0.25) is 0 Å². The number of carbonyl (C=O) groups is 2. The number of aromatic carboxylic acids is 1. The first-order valence-corrected chi connectivity index (χ1v) is 6.71. The van der Waals surface area contributed by atoms with E-state index in [0.717, 1.165) is 4.88 Å². The summed E-state index contributed by atoms with van der Waals surface area (Å²) >= 11 is 1.49. The number of carboxylic acid groups (broad SMARTS) is 1. The van der Waals surface area contributed by atoms with Crippen molar-refractivity contribution in [1.82, 2.24) is 0 Å². The third-order valence-corrected chi connectivity index (χ3v) is 3.51. The number of hydrogen-bond donors (Lipinski definition) is 2. The smallest absolute Gasteiger partial charge is 0.335 e. The summed E-state index contributed by atoms with van der Waals surface area (Å²) < 4.78 is 5.11. The maximum atomic E-state index is 11.9. The first-order chi connectivity index (χ1) is 9.60. The summed E-state index contributed by atoms with van der Waals surface area (Å²) in [5.41, 5.74) is 0.450. The number of nitrogens with one attached hydrogen (secondary N) is 1. The highest BCUT2D eigenvalue weighted by atomic mass is 32.1. The predicted octanol–water partition coefficient (Wildman–Crippen LogP) is 2.64. The monoisotopic (exact) mass is 291 g/mol. The Morgan fingerprint density at radius 1 is 1.35 bits per heavy atom. The van der Waals surface area contributed by atoms with Crippen LogP contribution in [0.25, 0.3) is 0 Å². The van der Waals surface area contributed by atoms with Gasteiger partial charge in [-0.1, -0.05) is 6.07 Å². The van der Waals surface area contributed by atoms with Gasteiger partial charge in [0, 0.05) is 4.88 Å². The molecule has 2 aromatic rings. The highest BCUT2D eigenvalue weighted by molar-refractivity contribution is 7.10. The minimum absolute atomic E-state index is 0.0947. The summed E-state index contributed by atoms with van der Waals surface area (Å²) in [4.78, 5) is 23.8. The highest BCUT2D eigenvalue weighted by Gasteiger charge is 2.12. The van der Waals surface area contributed by atoms with Gasteiger partial charge in [-0.25, -0.2) is 4.79 Å². The number of methoxy groups -OCH3 is 1. The molecule has 0 saturated carbocycles. The van der Waals surface area contributed by atoms with Crippen molar-refractivity contribution in [1.29, 1.82) is 0 Å². The number of anilines is 1. The van der Waals surface area contributed by atoms with Crippen LogP contribution >= 0.6 is 11.3 Å². The Morgan fingerprint density at radius 2 is 2.15 bits per heavy atom. The fraction of sp³-hybridized carbons (Fsp3) is 0.143. The van der Waals surface area contributed by atoms with Crippen molar-refractivity contribution < 1.29 is 19.4 Å². The maximum Gasteiger partial charge on any atom is 0.335 e. The number of carboxylic acids is 1. The lowest BCUT2D eigenvalue weighted by atomic mass is 10.2. The van der Waals surface area contributed by atoms with Crippen molar-refractivity contribution in [3.63, 3.8) is 0 Å². The Hall–Kier alpha value is -2.34. The average Bonchev–Trinajstić information content (AvgIpc) is 2.91. The van der Waals surface area contributed by atoms with Crippen molar-refractivity contribution >= 4 is 28.9 Å². The first-order valence-electron chi connectivity index (χ1n) is 5.83. The Balaban J connectivity index is 2.16. The quantitative estimate of drug-likeness (QED) is 0.888. The number of rotatable bonds is 5. The molecule has 0 atom stereocenters. The molecule has 0 aliphatic carbocycles.